The van der Waals surface area contributed by atoms with E-state index in [1.807, 2.05) is 204 Å². The van der Waals surface area contributed by atoms with E-state index >= 15 is 0 Å². The number of nitrogens with two attached hydrogens (primary N) is 1. The molecular weight excluding hydrogens is 1660 g/mol. The monoisotopic (exact) mass is 1760 g/mol. The number of aromatic nitrogens is 8. The number of aryl methyl sites for hydroxylation is 4. The van der Waals surface area contributed by atoms with Crippen molar-refractivity contribution in [2.45, 2.75) is 115 Å². The fourth-order valence-corrected chi connectivity index (χ4v) is 16.0. The van der Waals surface area contributed by atoms with Crippen LogP contribution in [-0.4, -0.2) is 148 Å². The van der Waals surface area contributed by atoms with Gasteiger partial charge in [0.15, 0.2) is 46.0 Å². The summed E-state index contributed by atoms with van der Waals surface area (Å²) in [6.45, 7) is 11.7. The number of H-pyrrole nitrogens is 4. The van der Waals surface area contributed by atoms with Crippen molar-refractivity contribution in [2.75, 3.05) is 69.0 Å². The van der Waals surface area contributed by atoms with Crippen molar-refractivity contribution < 1.29 is 71.2 Å². The van der Waals surface area contributed by atoms with E-state index in [2.05, 4.69) is 93.8 Å². The number of carbonyl (C=O) groups is 2. The zero-order valence-corrected chi connectivity index (χ0v) is 75.0. The largest absolute Gasteiger partial charge is 0.493 e. The summed E-state index contributed by atoms with van der Waals surface area (Å²) in [6.07, 6.45) is 14.2. The maximum Gasteiger partial charge on any atom is 0.408 e. The van der Waals surface area contributed by atoms with Crippen molar-refractivity contribution in [3.8, 4) is 92.0 Å². The van der Waals surface area contributed by atoms with E-state index in [9.17, 15) is 9.59 Å². The van der Waals surface area contributed by atoms with Crippen molar-refractivity contribution in [1.29, 1.82) is 0 Å². The van der Waals surface area contributed by atoms with Gasteiger partial charge in [0, 0.05) is 144 Å². The number of rotatable bonds is 29. The van der Waals surface area contributed by atoms with E-state index in [4.69, 9.17) is 67.3 Å². The van der Waals surface area contributed by atoms with Gasteiger partial charge in [-0.25, -0.2) is 4.79 Å². The molecule has 4 saturated carbocycles. The number of likely N-dealkylation sites (N-methyl/N-ethyl adjacent to an activating group) is 1. The van der Waals surface area contributed by atoms with Crippen LogP contribution in [0, 0.1) is 27.7 Å². The highest BCUT2D eigenvalue weighted by Gasteiger charge is 2.48. The number of nitrogens with zero attached hydrogens (tertiary/aromatic N) is 5. The number of hydrogen-bond donors (Lipinski definition) is 7. The van der Waals surface area contributed by atoms with Crippen LogP contribution in [0.25, 0.3) is 87.2 Å². The number of alkyl carbamates (subject to hydrolysis) is 1. The summed E-state index contributed by atoms with van der Waals surface area (Å²) >= 11 is 0. The van der Waals surface area contributed by atoms with Crippen LogP contribution in [0.2, 0.25) is 0 Å². The highest BCUT2D eigenvalue weighted by Crippen LogP contribution is 2.48. The SMILES string of the molecule is COc1cc2c(Oc3ccc4[nH]c(C)cc4c3)ccnc2cc1OCC1(N(C)C)CC1.COc1cc2c(Oc3ccc4[nH]c(C)cc4c3)ccnc2cc1OCC1(N)CC1.COc1cc2c(Oc3ccc4[nH]c(C)cc4c3)ccnc2cc1OCC1(NC(=O)OCc2ccccc2)CC1.COc1cc2c(Oc3ccc4[nH]c(C)cc4c3)ccnc2cc1OCC1(NC(C)=O)CC1. The maximum absolute atomic E-state index is 12.4. The maximum atomic E-state index is 12.4. The van der Waals surface area contributed by atoms with Gasteiger partial charge in [-0.1, -0.05) is 30.3 Å². The number of aromatic amines is 4. The van der Waals surface area contributed by atoms with Crippen molar-refractivity contribution in [3.05, 3.63) is 253 Å². The van der Waals surface area contributed by atoms with E-state index in [1.165, 1.54) is 6.92 Å². The van der Waals surface area contributed by atoms with E-state index in [-0.39, 0.29) is 29.1 Å². The molecule has 8 N–H and O–H groups in total. The molecule has 2 amide bonds. The minimum atomic E-state index is -0.457. The van der Waals surface area contributed by atoms with Crippen LogP contribution in [0.5, 0.6) is 92.0 Å². The Morgan fingerprint density at radius 1 is 0.366 bits per heavy atom. The molecule has 0 aliphatic heterocycles. The molecule has 0 saturated heterocycles. The lowest BCUT2D eigenvalue weighted by Crippen LogP contribution is -2.41. The van der Waals surface area contributed by atoms with Gasteiger partial charge in [-0.15, -0.1) is 0 Å². The number of fused-ring (bicyclic) bond motifs is 8. The quantitative estimate of drug-likeness (QED) is 0.0229. The Hall–Kier alpha value is -15.0. The van der Waals surface area contributed by atoms with Crippen LogP contribution in [0.4, 0.5) is 4.79 Å². The third kappa shape index (κ3) is 20.2. The number of hydrogen-bond acceptors (Lipinski definition) is 21. The van der Waals surface area contributed by atoms with Gasteiger partial charge >= 0.3 is 6.09 Å². The minimum absolute atomic E-state index is 0.0481. The Labute approximate surface area is 756 Å². The topological polar surface area (TPSA) is 322 Å². The molecule has 8 heterocycles. The van der Waals surface area contributed by atoms with Crippen LogP contribution in [0.1, 0.15) is 86.6 Å². The molecule has 0 spiro atoms. The number of benzene rings is 9. The molecule has 4 aliphatic carbocycles. The Bertz CT molecular complexity index is 7110. The molecule has 131 heavy (non-hydrogen) atoms. The number of amides is 2. The molecule has 0 radical (unpaired) electrons. The summed E-state index contributed by atoms with van der Waals surface area (Å²) in [5.74, 6) is 10.7. The molecule has 0 unspecified atom stereocenters. The van der Waals surface area contributed by atoms with Gasteiger partial charge < -0.3 is 103 Å². The highest BCUT2D eigenvalue weighted by atomic mass is 16.6. The predicted molar refractivity (Wildman–Crippen MR) is 507 cm³/mol. The summed E-state index contributed by atoms with van der Waals surface area (Å²) in [5.41, 5.74) is 18.1. The van der Waals surface area contributed by atoms with Crippen LogP contribution in [0.15, 0.2) is 225 Å². The molecule has 0 atom stereocenters. The number of carbonyl (C=O) groups excluding carboxylic acids is 2. The summed E-state index contributed by atoms with van der Waals surface area (Å²) < 4.78 is 77.1. The average molecular weight is 1760 g/mol. The first kappa shape index (κ1) is 86.8. The standard InChI is InChI=1S/C31H29N3O5.C25H25N3O4.C25H27N3O3.C23H23N3O3/c1-20-14-22-15-23(8-9-25(22)33-20)39-27-10-13-32-26-17-29(28(36-2)16-24(26)27)38-19-31(11-12-31)34-30(35)37-18-21-6-4-3-5-7-21;1-15-10-17-11-18(4-5-20(17)27-15)32-22-6-9-26-21-13-24(23(30-3)12-19(21)22)31-14-25(7-8-25)28-16(2)29;1-16-11-17-12-18(5-6-20(17)27-16)31-22-7-10-26-21-14-24(23(29-4)13-19(21)22)30-15-25(8-9-25)28(2)3;1-14-9-15-10-16(3-4-18(15)26-14)29-20-5-8-25-19-12-22(21(27-2)11-17(19)20)28-13-23(24)6-7-23/h3-10,13-17,33H,11-12,18-19H2,1-2H3,(H,34,35);4-6,9-13,27H,7-8,14H2,1-3H3,(H,28,29);5-7,10-14,27H,8-9,15H2,1-4H3;3-5,8-12,26H,6-7,13,24H2,1-2H3. The number of ether oxygens (including phenoxy) is 13. The molecule has 8 aromatic heterocycles. The van der Waals surface area contributed by atoms with E-state index in [0.29, 0.717) is 95.2 Å². The zero-order valence-electron chi connectivity index (χ0n) is 75.0. The lowest BCUT2D eigenvalue weighted by molar-refractivity contribution is -0.120. The first-order valence-electron chi connectivity index (χ1n) is 43.7. The molecule has 4 fully saturated rings. The molecule has 21 rings (SSSR count). The van der Waals surface area contributed by atoms with E-state index in [1.54, 1.807) is 53.2 Å². The molecule has 4 aliphatic rings. The predicted octanol–water partition coefficient (Wildman–Crippen LogP) is 21.5. The molecule has 670 valence electrons. The van der Waals surface area contributed by atoms with Crippen LogP contribution in [0.3, 0.4) is 0 Å². The molecule has 27 nitrogen and oxygen atoms in total. The molecular formula is C104H104N12O15. The van der Waals surface area contributed by atoms with Gasteiger partial charge in [0.2, 0.25) is 5.91 Å². The fourth-order valence-electron chi connectivity index (χ4n) is 16.0. The summed E-state index contributed by atoms with van der Waals surface area (Å²) in [4.78, 5) is 57.4. The lowest BCUT2D eigenvalue weighted by atomic mass is 10.1. The second-order valence-corrected chi connectivity index (χ2v) is 34.6. The van der Waals surface area contributed by atoms with Crippen molar-refractivity contribution in [1.82, 2.24) is 55.4 Å². The number of nitrogens with one attached hydrogen (secondary N) is 6. The fraction of sp³-hybridized carbons (Fsp3) is 0.269. The van der Waals surface area contributed by atoms with Crippen LogP contribution >= 0.6 is 0 Å². The Morgan fingerprint density at radius 2 is 0.687 bits per heavy atom. The Morgan fingerprint density at radius 3 is 0.985 bits per heavy atom. The lowest BCUT2D eigenvalue weighted by Gasteiger charge is -2.24. The average Bonchev–Trinajstić information content (AvgIpc) is 1.79. The normalized spacial score (nSPS) is 14.4. The Kier molecular flexibility index (Phi) is 24.3. The third-order valence-corrected chi connectivity index (χ3v) is 24.2. The second kappa shape index (κ2) is 36.7. The molecule has 0 bridgehead atoms. The van der Waals surface area contributed by atoms with Gasteiger partial charge in [-0.3, -0.25) is 24.7 Å². The first-order chi connectivity index (χ1) is 63.4. The van der Waals surface area contributed by atoms with Crippen molar-refractivity contribution >= 4 is 99.2 Å². The van der Waals surface area contributed by atoms with E-state index < -0.39 is 11.6 Å². The third-order valence-electron chi connectivity index (χ3n) is 24.2. The van der Waals surface area contributed by atoms with Crippen LogP contribution < -0.4 is 73.2 Å². The van der Waals surface area contributed by atoms with Gasteiger partial charge in [0.1, 0.15) is 79.0 Å². The summed E-state index contributed by atoms with van der Waals surface area (Å²) in [6, 6.07) is 64.4. The van der Waals surface area contributed by atoms with Crippen LogP contribution in [-0.2, 0) is 16.1 Å². The van der Waals surface area contributed by atoms with Gasteiger partial charge in [-0.2, -0.15) is 0 Å². The summed E-state index contributed by atoms with van der Waals surface area (Å²) in [5, 5.41) is 13.7. The minimum Gasteiger partial charge on any atom is -0.493 e. The smallest absolute Gasteiger partial charge is 0.408 e. The summed E-state index contributed by atoms with van der Waals surface area (Å²) in [7, 11) is 10.7. The molecule has 9 aromatic carbocycles. The van der Waals surface area contributed by atoms with Crippen molar-refractivity contribution in [3.63, 3.8) is 0 Å². The number of pyridine rings is 4. The van der Waals surface area contributed by atoms with E-state index in [0.717, 1.165) is 190 Å². The van der Waals surface area contributed by atoms with Gasteiger partial charge in [0.25, 0.3) is 0 Å². The molecule has 17 aromatic rings. The number of methoxy groups -OCH3 is 4. The van der Waals surface area contributed by atoms with Gasteiger partial charge in [0.05, 0.1) is 72.7 Å². The van der Waals surface area contributed by atoms with Crippen molar-refractivity contribution in [2.24, 2.45) is 5.73 Å². The van der Waals surface area contributed by atoms with Gasteiger partial charge in [-0.05, 0) is 244 Å². The first-order valence-corrected chi connectivity index (χ1v) is 43.7. The highest BCUT2D eigenvalue weighted by molar-refractivity contribution is 5.93. The second-order valence-electron chi connectivity index (χ2n) is 34.6. The zero-order chi connectivity index (χ0) is 90.7. The molecule has 27 heteroatoms. The Balaban J connectivity index is 0.000000118.